The molecule has 0 atom stereocenters. The molecule has 3 aromatic rings. The summed E-state index contributed by atoms with van der Waals surface area (Å²) in [5.74, 6) is 0.901. The third-order valence-corrected chi connectivity index (χ3v) is 4.33. The summed E-state index contributed by atoms with van der Waals surface area (Å²) in [5, 5.41) is 9.16. The fourth-order valence-corrected chi connectivity index (χ4v) is 2.93. The maximum atomic E-state index is 9.16. The third kappa shape index (κ3) is 2.96. The van der Waals surface area contributed by atoms with Crippen LogP contribution in [0, 0.1) is 0 Å². The highest BCUT2D eigenvalue weighted by Gasteiger charge is 2.13. The molecule has 0 radical (unpaired) electrons. The molecule has 0 saturated carbocycles. The lowest BCUT2D eigenvalue weighted by Gasteiger charge is -2.27. The number of hydrogen-bond donors (Lipinski definition) is 1. The van der Waals surface area contributed by atoms with Crippen molar-refractivity contribution >= 4 is 16.9 Å². The normalized spacial score (nSPS) is 15.0. The minimum atomic E-state index is 0.0619. The number of hydrogen-bond acceptors (Lipinski definition) is 5. The Bertz CT molecular complexity index is 843. The van der Waals surface area contributed by atoms with Gasteiger partial charge in [0.2, 0.25) is 0 Å². The van der Waals surface area contributed by atoms with Crippen LogP contribution in [0.1, 0.15) is 5.56 Å². The number of morpholine rings is 1. The molecule has 5 nitrogen and oxygen atoms in total. The Kier molecular flexibility index (Phi) is 4.11. The lowest BCUT2D eigenvalue weighted by Crippen LogP contribution is -2.36. The van der Waals surface area contributed by atoms with Crippen LogP contribution in [0.2, 0.25) is 0 Å². The fraction of sp³-hybridized carbons (Fsp3) is 0.263. The van der Waals surface area contributed by atoms with Gasteiger partial charge in [-0.3, -0.25) is 4.98 Å². The summed E-state index contributed by atoms with van der Waals surface area (Å²) in [6, 6.07) is 14.0. The van der Waals surface area contributed by atoms with Crippen LogP contribution in [-0.2, 0) is 11.3 Å². The Morgan fingerprint density at radius 3 is 2.46 bits per heavy atom. The van der Waals surface area contributed by atoms with Crippen LogP contribution in [0.25, 0.3) is 22.2 Å². The highest BCUT2D eigenvalue weighted by molar-refractivity contribution is 5.82. The molecule has 4 rings (SSSR count). The summed E-state index contributed by atoms with van der Waals surface area (Å²) in [5.41, 5.74) is 4.90. The number of benzene rings is 2. The van der Waals surface area contributed by atoms with Crippen LogP contribution in [0.5, 0.6) is 0 Å². The van der Waals surface area contributed by atoms with Crippen molar-refractivity contribution in [3.8, 4) is 11.1 Å². The van der Waals surface area contributed by atoms with Gasteiger partial charge in [0.15, 0.2) is 0 Å². The van der Waals surface area contributed by atoms with Gasteiger partial charge in [0.25, 0.3) is 0 Å². The minimum absolute atomic E-state index is 0.0619. The standard InChI is InChI=1S/C19H19N3O2/c23-13-14-1-3-15(4-2-14)16-5-6-17-18(11-16)21-19(12-20-17)22-7-9-24-10-8-22/h1-6,11-12,23H,7-10,13H2. The summed E-state index contributed by atoms with van der Waals surface area (Å²) in [7, 11) is 0. The summed E-state index contributed by atoms with van der Waals surface area (Å²) in [6.45, 7) is 3.23. The molecule has 24 heavy (non-hydrogen) atoms. The number of fused-ring (bicyclic) bond motifs is 1. The first kappa shape index (κ1) is 15.1. The zero-order chi connectivity index (χ0) is 16.4. The van der Waals surface area contributed by atoms with Crippen LogP contribution >= 0.6 is 0 Å². The van der Waals surface area contributed by atoms with Crippen LogP contribution in [0.3, 0.4) is 0 Å². The van der Waals surface area contributed by atoms with Gasteiger partial charge in [-0.05, 0) is 28.8 Å². The molecule has 5 heteroatoms. The molecule has 0 aliphatic carbocycles. The highest BCUT2D eigenvalue weighted by Crippen LogP contribution is 2.24. The second-order valence-electron chi connectivity index (χ2n) is 5.89. The molecule has 122 valence electrons. The molecule has 1 N–H and O–H groups in total. The maximum Gasteiger partial charge on any atom is 0.148 e. The average molecular weight is 321 g/mol. The Morgan fingerprint density at radius 2 is 1.71 bits per heavy atom. The number of aromatic nitrogens is 2. The van der Waals surface area contributed by atoms with Crippen molar-refractivity contribution in [3.63, 3.8) is 0 Å². The van der Waals surface area contributed by atoms with Crippen molar-refractivity contribution in [2.45, 2.75) is 6.61 Å². The molecular formula is C19H19N3O2. The molecule has 0 amide bonds. The minimum Gasteiger partial charge on any atom is -0.392 e. The predicted octanol–water partition coefficient (Wildman–Crippen LogP) is 2.63. The first-order valence-corrected chi connectivity index (χ1v) is 8.13. The molecule has 0 unspecified atom stereocenters. The van der Waals surface area contributed by atoms with Crippen molar-refractivity contribution in [3.05, 3.63) is 54.2 Å². The van der Waals surface area contributed by atoms with Gasteiger partial charge in [0.1, 0.15) is 5.82 Å². The molecule has 1 fully saturated rings. The summed E-state index contributed by atoms with van der Waals surface area (Å²) in [6.07, 6.45) is 1.84. The quantitative estimate of drug-likeness (QED) is 0.803. The zero-order valence-corrected chi connectivity index (χ0v) is 13.4. The summed E-state index contributed by atoms with van der Waals surface area (Å²) >= 11 is 0. The van der Waals surface area contributed by atoms with Crippen molar-refractivity contribution in [1.29, 1.82) is 0 Å². The van der Waals surface area contributed by atoms with E-state index in [-0.39, 0.29) is 6.61 Å². The van der Waals surface area contributed by atoms with E-state index in [2.05, 4.69) is 22.0 Å². The number of ether oxygens (including phenoxy) is 1. The Labute approximate surface area is 140 Å². The predicted molar refractivity (Wildman–Crippen MR) is 93.9 cm³/mol. The Hall–Kier alpha value is -2.50. The monoisotopic (exact) mass is 321 g/mol. The van der Waals surface area contributed by atoms with Crippen molar-refractivity contribution in [1.82, 2.24) is 9.97 Å². The second-order valence-corrected chi connectivity index (χ2v) is 5.89. The van der Waals surface area contributed by atoms with E-state index in [1.807, 2.05) is 36.5 Å². The van der Waals surface area contributed by atoms with Crippen molar-refractivity contribution in [2.24, 2.45) is 0 Å². The average Bonchev–Trinajstić information content (AvgIpc) is 2.68. The van der Waals surface area contributed by atoms with Crippen LogP contribution < -0.4 is 4.90 Å². The number of nitrogens with zero attached hydrogens (tertiary/aromatic N) is 3. The molecule has 1 aliphatic rings. The third-order valence-electron chi connectivity index (χ3n) is 4.33. The highest BCUT2D eigenvalue weighted by atomic mass is 16.5. The van der Waals surface area contributed by atoms with Crippen LogP contribution in [-0.4, -0.2) is 41.4 Å². The van der Waals surface area contributed by atoms with Gasteiger partial charge < -0.3 is 14.7 Å². The van der Waals surface area contributed by atoms with E-state index in [1.165, 1.54) is 0 Å². The van der Waals surface area contributed by atoms with Gasteiger partial charge >= 0.3 is 0 Å². The van der Waals surface area contributed by atoms with Gasteiger partial charge in [0.05, 0.1) is 37.1 Å². The first-order valence-electron chi connectivity index (χ1n) is 8.13. The van der Waals surface area contributed by atoms with E-state index < -0.39 is 0 Å². The number of aliphatic hydroxyl groups excluding tert-OH is 1. The maximum absolute atomic E-state index is 9.16. The topological polar surface area (TPSA) is 58.5 Å². The van der Waals surface area contributed by atoms with Crippen LogP contribution in [0.15, 0.2) is 48.7 Å². The Morgan fingerprint density at radius 1 is 0.958 bits per heavy atom. The molecule has 0 spiro atoms. The van der Waals surface area contributed by atoms with E-state index in [0.717, 1.165) is 59.8 Å². The van der Waals surface area contributed by atoms with Gasteiger partial charge in [-0.1, -0.05) is 30.3 Å². The number of rotatable bonds is 3. The van der Waals surface area contributed by atoms with E-state index in [4.69, 9.17) is 14.8 Å². The second kappa shape index (κ2) is 6.55. The van der Waals surface area contributed by atoms with E-state index in [9.17, 15) is 0 Å². The molecule has 1 aliphatic heterocycles. The largest absolute Gasteiger partial charge is 0.392 e. The van der Waals surface area contributed by atoms with E-state index in [1.54, 1.807) is 0 Å². The summed E-state index contributed by atoms with van der Waals surface area (Å²) in [4.78, 5) is 11.5. The molecule has 2 aromatic carbocycles. The van der Waals surface area contributed by atoms with Gasteiger partial charge in [0, 0.05) is 13.1 Å². The van der Waals surface area contributed by atoms with Crippen LogP contribution in [0.4, 0.5) is 5.82 Å². The van der Waals surface area contributed by atoms with Crippen molar-refractivity contribution < 1.29 is 9.84 Å². The van der Waals surface area contributed by atoms with Gasteiger partial charge in [-0.25, -0.2) is 4.98 Å². The zero-order valence-electron chi connectivity index (χ0n) is 13.4. The van der Waals surface area contributed by atoms with Gasteiger partial charge in [-0.2, -0.15) is 0 Å². The van der Waals surface area contributed by atoms with Crippen molar-refractivity contribution in [2.75, 3.05) is 31.2 Å². The Balaban J connectivity index is 1.69. The van der Waals surface area contributed by atoms with E-state index >= 15 is 0 Å². The van der Waals surface area contributed by atoms with E-state index in [0.29, 0.717) is 0 Å². The number of aliphatic hydroxyl groups is 1. The molecule has 2 heterocycles. The van der Waals surface area contributed by atoms with Gasteiger partial charge in [-0.15, -0.1) is 0 Å². The SMILES string of the molecule is OCc1ccc(-c2ccc3ncc(N4CCOCC4)nc3c2)cc1. The molecule has 0 bridgehead atoms. The molecule has 1 aromatic heterocycles. The fourth-order valence-electron chi connectivity index (χ4n) is 2.93. The summed E-state index contributed by atoms with van der Waals surface area (Å²) < 4.78 is 5.40. The lowest BCUT2D eigenvalue weighted by molar-refractivity contribution is 0.122. The smallest absolute Gasteiger partial charge is 0.148 e. The number of anilines is 1. The molecular weight excluding hydrogens is 302 g/mol. The lowest BCUT2D eigenvalue weighted by atomic mass is 10.0. The first-order chi connectivity index (χ1) is 11.8. The molecule has 1 saturated heterocycles.